The molecular weight excluding hydrogens is 366 g/mol. The van der Waals surface area contributed by atoms with Crippen LogP contribution >= 0.6 is 24.8 Å². The Morgan fingerprint density at radius 1 is 1.10 bits per heavy atom. The molecule has 0 aliphatic heterocycles. The van der Waals surface area contributed by atoms with Crippen LogP contribution in [0.1, 0.15) is 37.0 Å². The zero-order valence-corrected chi connectivity index (χ0v) is 16.2. The Labute approximate surface area is 145 Å². The van der Waals surface area contributed by atoms with Crippen molar-refractivity contribution < 1.29 is 23.2 Å². The fourth-order valence-corrected chi connectivity index (χ4v) is 6.90. The van der Waals surface area contributed by atoms with Crippen molar-refractivity contribution in [2.75, 3.05) is 0 Å². The van der Waals surface area contributed by atoms with Gasteiger partial charge in [-0.3, -0.25) is 0 Å². The van der Waals surface area contributed by atoms with E-state index in [0.29, 0.717) is 3.12 Å². The average Bonchev–Trinajstić information content (AvgIpc) is 2.85. The molecule has 2 aliphatic carbocycles. The number of fused-ring (bicyclic) bond motifs is 1. The van der Waals surface area contributed by atoms with E-state index in [9.17, 15) is 0 Å². The molecular formula is C17H20Cl2Zr. The van der Waals surface area contributed by atoms with Crippen LogP contribution in [0, 0.1) is 6.92 Å². The maximum atomic E-state index is 2.46. The third kappa shape index (κ3) is 3.21. The van der Waals surface area contributed by atoms with Crippen LogP contribution in [0.2, 0.25) is 0 Å². The summed E-state index contributed by atoms with van der Waals surface area (Å²) in [5.74, 6) is 0. The molecule has 1 aromatic carbocycles. The van der Waals surface area contributed by atoms with Crippen molar-refractivity contribution in [1.82, 2.24) is 0 Å². The van der Waals surface area contributed by atoms with Crippen LogP contribution in [0.15, 0.2) is 45.3 Å². The van der Waals surface area contributed by atoms with Crippen LogP contribution in [0.25, 0.3) is 6.08 Å². The molecule has 3 rings (SSSR count). The molecule has 3 heteroatoms. The van der Waals surface area contributed by atoms with Crippen LogP contribution in [-0.2, 0) is 26.4 Å². The van der Waals surface area contributed by atoms with Crippen molar-refractivity contribution in [3.05, 3.63) is 62.0 Å². The molecule has 0 bridgehead atoms. The van der Waals surface area contributed by atoms with E-state index >= 15 is 0 Å². The maximum Gasteiger partial charge on any atom is -0.147 e. The van der Waals surface area contributed by atoms with Crippen LogP contribution < -0.4 is 0 Å². The molecule has 0 aromatic heterocycles. The average molecular weight is 386 g/mol. The van der Waals surface area contributed by atoms with E-state index in [1.54, 1.807) is 8.84 Å². The zero-order chi connectivity index (χ0) is 12.8. The Morgan fingerprint density at radius 2 is 1.85 bits per heavy atom. The van der Waals surface area contributed by atoms with Gasteiger partial charge < -0.3 is 0 Å². The summed E-state index contributed by atoms with van der Waals surface area (Å²) in [5.41, 5.74) is 5.91. The number of hydrogen-bond acceptors (Lipinski definition) is 0. The van der Waals surface area contributed by atoms with Crippen molar-refractivity contribution >= 4 is 30.9 Å². The molecule has 0 amide bonds. The second kappa shape index (κ2) is 6.78. The fraction of sp³-hybridized carbons (Fsp3) is 0.294. The minimum absolute atomic E-state index is 0. The van der Waals surface area contributed by atoms with E-state index < -0.39 is 23.2 Å². The maximum absolute atomic E-state index is 2.46. The van der Waals surface area contributed by atoms with Gasteiger partial charge in [-0.1, -0.05) is 0 Å². The Balaban J connectivity index is 0.000001000. The number of rotatable bonds is 2. The van der Waals surface area contributed by atoms with E-state index in [0.717, 1.165) is 0 Å². The summed E-state index contributed by atoms with van der Waals surface area (Å²) in [6, 6.07) is 6.94. The second-order valence-corrected chi connectivity index (χ2v) is 10.2. The standard InChI is InChI=1S/C11H11.C6H7.2ClH.Zr/c1-8-3-6-11-9(2)4-5-10(11)7-8;1-6-4-2-3-5-6;;;/h3-7H,1-2H3;2,4H,3H2,1H3;2*1H;. The molecule has 106 valence electrons. The van der Waals surface area contributed by atoms with E-state index in [2.05, 4.69) is 63.3 Å². The van der Waals surface area contributed by atoms with Gasteiger partial charge >= 0.3 is 122 Å². The van der Waals surface area contributed by atoms with Gasteiger partial charge in [0.15, 0.2) is 0 Å². The van der Waals surface area contributed by atoms with Crippen LogP contribution in [-0.4, -0.2) is 0 Å². The molecule has 0 saturated heterocycles. The smallest absolute Gasteiger partial charge is 0.147 e. The first-order valence-electron chi connectivity index (χ1n) is 6.53. The Hall–Kier alpha value is -0.0969. The van der Waals surface area contributed by atoms with Gasteiger partial charge in [-0.15, -0.1) is 24.8 Å². The molecule has 0 fully saturated rings. The number of allylic oxidation sites excluding steroid dienone is 5. The van der Waals surface area contributed by atoms with Crippen molar-refractivity contribution in [2.45, 2.75) is 30.3 Å². The van der Waals surface area contributed by atoms with Gasteiger partial charge in [0.05, 0.1) is 0 Å². The van der Waals surface area contributed by atoms with Crippen LogP contribution in [0.5, 0.6) is 0 Å². The summed E-state index contributed by atoms with van der Waals surface area (Å²) in [7, 11) is 0. The minimum Gasteiger partial charge on any atom is -0.147 e. The molecule has 1 aromatic rings. The number of hydrogen-bond donors (Lipinski definition) is 0. The second-order valence-electron chi connectivity index (χ2n) is 5.52. The van der Waals surface area contributed by atoms with Crippen molar-refractivity contribution in [1.29, 1.82) is 0 Å². The van der Waals surface area contributed by atoms with Gasteiger partial charge in [0.2, 0.25) is 0 Å². The number of benzene rings is 1. The summed E-state index contributed by atoms with van der Waals surface area (Å²) in [4.78, 5) is 0. The predicted octanol–water partition coefficient (Wildman–Crippen LogP) is 5.40. The van der Waals surface area contributed by atoms with Crippen molar-refractivity contribution in [2.24, 2.45) is 0 Å². The summed E-state index contributed by atoms with van der Waals surface area (Å²) in [6.45, 7) is 6.89. The molecule has 0 radical (unpaired) electrons. The Kier molecular flexibility index (Phi) is 6.08. The fourth-order valence-electron chi connectivity index (χ4n) is 2.83. The van der Waals surface area contributed by atoms with Gasteiger partial charge in [0, 0.05) is 0 Å². The molecule has 20 heavy (non-hydrogen) atoms. The summed E-state index contributed by atoms with van der Waals surface area (Å²) >= 11 is -0.589. The number of aryl methyl sites for hydroxylation is 1. The molecule has 0 heterocycles. The van der Waals surface area contributed by atoms with Crippen molar-refractivity contribution in [3.8, 4) is 0 Å². The Bertz CT molecular complexity index is 599. The summed E-state index contributed by atoms with van der Waals surface area (Å²) < 4.78 is 2.12. The van der Waals surface area contributed by atoms with Gasteiger partial charge in [0.1, 0.15) is 0 Å². The van der Waals surface area contributed by atoms with Crippen LogP contribution in [0.3, 0.4) is 0 Å². The summed E-state index contributed by atoms with van der Waals surface area (Å²) in [5, 5.41) is 0. The third-order valence-corrected chi connectivity index (χ3v) is 8.50. The van der Waals surface area contributed by atoms with Gasteiger partial charge in [-0.25, -0.2) is 0 Å². The van der Waals surface area contributed by atoms with Crippen LogP contribution in [0.4, 0.5) is 0 Å². The molecule has 2 aliphatic rings. The number of halogens is 2. The topological polar surface area (TPSA) is 0 Å². The Morgan fingerprint density at radius 3 is 2.50 bits per heavy atom. The quantitative estimate of drug-likeness (QED) is 0.639. The van der Waals surface area contributed by atoms with E-state index in [1.807, 2.05) is 0 Å². The van der Waals surface area contributed by atoms with E-state index in [4.69, 9.17) is 0 Å². The first-order chi connectivity index (χ1) is 8.58. The largest absolute Gasteiger partial charge is 0.147 e. The molecule has 1 unspecified atom stereocenters. The molecule has 0 nitrogen and oxygen atoms in total. The molecule has 1 atom stereocenters. The monoisotopic (exact) mass is 384 g/mol. The third-order valence-electron chi connectivity index (χ3n) is 3.94. The van der Waals surface area contributed by atoms with E-state index in [-0.39, 0.29) is 24.8 Å². The van der Waals surface area contributed by atoms with Gasteiger partial charge in [0.25, 0.3) is 0 Å². The normalized spacial score (nSPS) is 22.4. The zero-order valence-electron chi connectivity index (χ0n) is 12.1. The van der Waals surface area contributed by atoms with Gasteiger partial charge in [-0.05, 0) is 0 Å². The summed E-state index contributed by atoms with van der Waals surface area (Å²) in [6.07, 6.45) is 10.6. The SMILES string of the molecule is CC1=[C]([Zr][C]2(C)C=Cc3cc(C)ccc32)CC=C1.Cl.Cl. The van der Waals surface area contributed by atoms with E-state index in [1.165, 1.54) is 23.1 Å². The van der Waals surface area contributed by atoms with Gasteiger partial charge in [-0.2, -0.15) is 0 Å². The first-order valence-corrected chi connectivity index (χ1v) is 8.99. The first kappa shape index (κ1) is 18.0. The molecule has 0 spiro atoms. The predicted molar refractivity (Wildman–Crippen MR) is 88.5 cm³/mol. The molecule has 0 saturated carbocycles. The molecule has 0 N–H and O–H groups in total. The minimum atomic E-state index is -0.589. The van der Waals surface area contributed by atoms with Crippen molar-refractivity contribution in [3.63, 3.8) is 0 Å².